The smallest absolute Gasteiger partial charge is 0.0796 e. The molecule has 0 aliphatic heterocycles. The van der Waals surface area contributed by atoms with Gasteiger partial charge in [0.25, 0.3) is 0 Å². The molecule has 0 aromatic heterocycles. The van der Waals surface area contributed by atoms with E-state index in [2.05, 4.69) is 18.4 Å². The molecule has 0 fully saturated rings. The minimum atomic E-state index is -0.416. The van der Waals surface area contributed by atoms with E-state index in [9.17, 15) is 5.11 Å². The Kier molecular flexibility index (Phi) is 6.31. The monoisotopic (exact) mass is 280 g/mol. The van der Waals surface area contributed by atoms with Gasteiger partial charge >= 0.3 is 0 Å². The molecule has 0 spiro atoms. The van der Waals surface area contributed by atoms with Crippen LogP contribution in [0.5, 0.6) is 0 Å². The Balaban J connectivity index is 2.29. The van der Waals surface area contributed by atoms with E-state index >= 15 is 0 Å². The fraction of sp³-hybridized carbons (Fsp3) is 0.400. The molecule has 0 radical (unpaired) electrons. The molecule has 1 aromatic rings. The summed E-state index contributed by atoms with van der Waals surface area (Å²) in [5.41, 5.74) is 3.32. The molecule has 0 saturated heterocycles. The number of aliphatic hydroxyl groups is 1. The molecule has 1 heteroatoms. The van der Waals surface area contributed by atoms with Crippen molar-refractivity contribution >= 4 is 0 Å². The normalized spacial score (nSPS) is 20.6. The van der Waals surface area contributed by atoms with Crippen LogP contribution in [0.1, 0.15) is 50.5 Å². The first-order valence-electron chi connectivity index (χ1n) is 7.89. The summed E-state index contributed by atoms with van der Waals surface area (Å²) in [6, 6.07) is 10.1. The molecule has 0 bridgehead atoms. The summed E-state index contributed by atoms with van der Waals surface area (Å²) < 4.78 is 0. The van der Waals surface area contributed by atoms with Crippen LogP contribution in [0, 0.1) is 11.8 Å². The van der Waals surface area contributed by atoms with E-state index in [0.29, 0.717) is 6.42 Å². The van der Waals surface area contributed by atoms with Crippen LogP contribution >= 0.6 is 0 Å². The van der Waals surface area contributed by atoms with Crippen LogP contribution < -0.4 is 0 Å². The fourth-order valence-corrected chi connectivity index (χ4v) is 2.76. The first kappa shape index (κ1) is 15.6. The lowest BCUT2D eigenvalue weighted by molar-refractivity contribution is 0.207. The lowest BCUT2D eigenvalue weighted by Crippen LogP contribution is -2.13. The van der Waals surface area contributed by atoms with Crippen molar-refractivity contribution in [3.63, 3.8) is 0 Å². The van der Waals surface area contributed by atoms with Crippen LogP contribution in [0.2, 0.25) is 0 Å². The van der Waals surface area contributed by atoms with Crippen LogP contribution in [-0.2, 0) is 0 Å². The van der Waals surface area contributed by atoms with Gasteiger partial charge in [-0.1, -0.05) is 49.0 Å². The van der Waals surface area contributed by atoms with Crippen molar-refractivity contribution in [3.05, 3.63) is 59.7 Å². The molecule has 1 unspecified atom stereocenters. The number of aliphatic hydroxyl groups excluding tert-OH is 1. The maximum absolute atomic E-state index is 10.4. The molecule has 110 valence electrons. The van der Waals surface area contributed by atoms with Crippen molar-refractivity contribution < 1.29 is 5.11 Å². The topological polar surface area (TPSA) is 20.2 Å². The van der Waals surface area contributed by atoms with Crippen LogP contribution in [0.4, 0.5) is 0 Å². The van der Waals surface area contributed by atoms with E-state index in [1.54, 1.807) is 6.08 Å². The van der Waals surface area contributed by atoms with Gasteiger partial charge in [-0.05, 0) is 49.8 Å². The Morgan fingerprint density at radius 1 is 1.05 bits per heavy atom. The average Bonchev–Trinajstić information content (AvgIpc) is 2.47. The molecular formula is C20H24O. The van der Waals surface area contributed by atoms with Gasteiger partial charge in [0.05, 0.1) is 6.10 Å². The maximum atomic E-state index is 10.4. The second-order valence-corrected chi connectivity index (χ2v) is 5.57. The Hall–Kier alpha value is -1.78. The first-order valence-corrected chi connectivity index (χ1v) is 7.89. The zero-order valence-electron chi connectivity index (χ0n) is 12.6. The lowest BCUT2D eigenvalue weighted by atomic mass is 9.89. The summed E-state index contributed by atoms with van der Waals surface area (Å²) in [6.45, 7) is 3.74. The van der Waals surface area contributed by atoms with Gasteiger partial charge in [0, 0.05) is 11.1 Å². The molecule has 1 aromatic carbocycles. The maximum Gasteiger partial charge on any atom is 0.0796 e. The predicted octanol–water partition coefficient (Wildman–Crippen LogP) is 4.63. The fourth-order valence-electron chi connectivity index (χ4n) is 2.76. The molecule has 0 saturated carbocycles. The van der Waals surface area contributed by atoms with Gasteiger partial charge < -0.3 is 5.11 Å². The van der Waals surface area contributed by atoms with Crippen molar-refractivity contribution in [2.24, 2.45) is 0 Å². The number of hydrogen-bond acceptors (Lipinski definition) is 1. The van der Waals surface area contributed by atoms with Crippen molar-refractivity contribution in [2.45, 2.75) is 51.0 Å². The van der Waals surface area contributed by atoms with E-state index in [4.69, 9.17) is 0 Å². The minimum absolute atomic E-state index is 0.416. The Bertz CT molecular complexity index is 542. The van der Waals surface area contributed by atoms with Crippen molar-refractivity contribution in [2.75, 3.05) is 0 Å². The number of allylic oxidation sites excluding steroid dienone is 1. The summed E-state index contributed by atoms with van der Waals surface area (Å²) in [4.78, 5) is 0. The van der Waals surface area contributed by atoms with Gasteiger partial charge in [0.15, 0.2) is 0 Å². The van der Waals surface area contributed by atoms with Crippen LogP contribution in [-0.4, -0.2) is 11.2 Å². The minimum Gasteiger partial charge on any atom is -0.388 e. The molecular weight excluding hydrogens is 256 g/mol. The summed E-state index contributed by atoms with van der Waals surface area (Å²) in [6.07, 6.45) is 8.79. The van der Waals surface area contributed by atoms with Crippen LogP contribution in [0.25, 0.3) is 0 Å². The molecule has 1 nitrogen and oxygen atoms in total. The highest BCUT2D eigenvalue weighted by Crippen LogP contribution is 2.26. The molecule has 1 N–H and O–H groups in total. The average molecular weight is 280 g/mol. The Labute approximate surface area is 128 Å². The summed E-state index contributed by atoms with van der Waals surface area (Å²) in [5.74, 6) is 6.58. The van der Waals surface area contributed by atoms with Gasteiger partial charge in [0.2, 0.25) is 0 Å². The van der Waals surface area contributed by atoms with E-state index < -0.39 is 6.10 Å². The van der Waals surface area contributed by atoms with E-state index in [-0.39, 0.29) is 0 Å². The summed E-state index contributed by atoms with van der Waals surface area (Å²) >= 11 is 0. The van der Waals surface area contributed by atoms with E-state index in [0.717, 1.165) is 36.0 Å². The SMILES string of the molecule is C=CCC(O)/C1=C(\C#Cc2ccccc2)CCCCCC1. The molecule has 0 amide bonds. The van der Waals surface area contributed by atoms with Gasteiger partial charge in [-0.15, -0.1) is 6.58 Å². The van der Waals surface area contributed by atoms with E-state index in [1.165, 1.54) is 19.3 Å². The van der Waals surface area contributed by atoms with Gasteiger partial charge in [-0.2, -0.15) is 0 Å². The molecule has 0 heterocycles. The number of hydrogen-bond donors (Lipinski definition) is 1. The highest BCUT2D eigenvalue weighted by atomic mass is 16.3. The zero-order chi connectivity index (χ0) is 14.9. The van der Waals surface area contributed by atoms with Crippen molar-refractivity contribution in [3.8, 4) is 11.8 Å². The second-order valence-electron chi connectivity index (χ2n) is 5.57. The molecule has 1 atom stereocenters. The van der Waals surface area contributed by atoms with E-state index in [1.807, 2.05) is 30.3 Å². The van der Waals surface area contributed by atoms with Gasteiger partial charge in [-0.3, -0.25) is 0 Å². The third-order valence-electron chi connectivity index (χ3n) is 3.93. The molecule has 21 heavy (non-hydrogen) atoms. The second kappa shape index (κ2) is 8.49. The highest BCUT2D eigenvalue weighted by molar-refractivity contribution is 5.43. The van der Waals surface area contributed by atoms with Crippen molar-refractivity contribution in [1.82, 2.24) is 0 Å². The number of benzene rings is 1. The van der Waals surface area contributed by atoms with Gasteiger partial charge in [0.1, 0.15) is 0 Å². The molecule has 1 aliphatic rings. The quantitative estimate of drug-likeness (QED) is 0.632. The molecule has 2 rings (SSSR count). The van der Waals surface area contributed by atoms with Gasteiger partial charge in [-0.25, -0.2) is 0 Å². The van der Waals surface area contributed by atoms with Crippen molar-refractivity contribution in [1.29, 1.82) is 0 Å². The third-order valence-corrected chi connectivity index (χ3v) is 3.93. The Morgan fingerprint density at radius 2 is 1.76 bits per heavy atom. The molecule has 1 aliphatic carbocycles. The Morgan fingerprint density at radius 3 is 2.48 bits per heavy atom. The third kappa shape index (κ3) is 4.92. The summed E-state index contributed by atoms with van der Waals surface area (Å²) in [5, 5.41) is 10.4. The predicted molar refractivity (Wildman–Crippen MR) is 88.9 cm³/mol. The largest absolute Gasteiger partial charge is 0.388 e. The zero-order valence-corrected chi connectivity index (χ0v) is 12.6. The summed E-state index contributed by atoms with van der Waals surface area (Å²) in [7, 11) is 0. The van der Waals surface area contributed by atoms with Crippen LogP contribution in [0.3, 0.4) is 0 Å². The standard InChI is InChI=1S/C20H24O/c1-2-10-20(21)19-14-9-4-3-8-13-18(19)16-15-17-11-6-5-7-12-17/h2,5-7,11-12,20-21H,1,3-4,8-10,13-14H2/b19-18-. The lowest BCUT2D eigenvalue weighted by Gasteiger charge is -2.19. The highest BCUT2D eigenvalue weighted by Gasteiger charge is 2.15. The van der Waals surface area contributed by atoms with Crippen LogP contribution in [0.15, 0.2) is 54.1 Å². The first-order chi connectivity index (χ1) is 10.3. The number of rotatable bonds is 3.